The molecule has 3 rings (SSSR count). The van der Waals surface area contributed by atoms with Gasteiger partial charge in [-0.25, -0.2) is 4.39 Å². The first-order chi connectivity index (χ1) is 12.1. The summed E-state index contributed by atoms with van der Waals surface area (Å²) in [6, 6.07) is 1.24. The molecular formula is C18H25FN4O2. The van der Waals surface area contributed by atoms with E-state index in [1.54, 1.807) is 4.90 Å². The van der Waals surface area contributed by atoms with Crippen LogP contribution in [0.1, 0.15) is 36.5 Å². The summed E-state index contributed by atoms with van der Waals surface area (Å²) in [5.74, 6) is -0.724. The molecule has 2 saturated heterocycles. The number of halogens is 1. The van der Waals surface area contributed by atoms with Crippen molar-refractivity contribution in [1.29, 1.82) is 0 Å². The number of amides is 2. The van der Waals surface area contributed by atoms with Crippen LogP contribution < -0.4 is 0 Å². The zero-order valence-electron chi connectivity index (χ0n) is 14.7. The van der Waals surface area contributed by atoms with Crippen LogP contribution in [0.2, 0.25) is 0 Å². The molecule has 136 valence electrons. The lowest BCUT2D eigenvalue weighted by molar-refractivity contribution is -0.137. The molecule has 0 N–H and O–H groups in total. The third-order valence-electron chi connectivity index (χ3n) is 5.18. The molecule has 25 heavy (non-hydrogen) atoms. The second-order valence-electron chi connectivity index (χ2n) is 6.75. The Labute approximate surface area is 147 Å². The number of pyridine rings is 1. The van der Waals surface area contributed by atoms with Gasteiger partial charge in [0.1, 0.15) is 0 Å². The van der Waals surface area contributed by atoms with E-state index in [-0.39, 0.29) is 23.4 Å². The Morgan fingerprint density at radius 1 is 1.04 bits per heavy atom. The normalized spacial score (nSPS) is 20.4. The lowest BCUT2D eigenvalue weighted by atomic mass is 10.1. The van der Waals surface area contributed by atoms with E-state index in [1.165, 1.54) is 18.7 Å². The van der Waals surface area contributed by atoms with Crippen LogP contribution in [-0.2, 0) is 4.79 Å². The van der Waals surface area contributed by atoms with Crippen LogP contribution in [0.15, 0.2) is 18.5 Å². The third kappa shape index (κ3) is 3.98. The SMILES string of the molecule is C[C@H](C(=O)N1CCCCC1)N1CCN(C(=O)c2ccncc2F)CC1. The summed E-state index contributed by atoms with van der Waals surface area (Å²) in [7, 11) is 0. The molecule has 7 heteroatoms. The number of piperazine rings is 1. The summed E-state index contributed by atoms with van der Waals surface area (Å²) < 4.78 is 13.7. The second kappa shape index (κ2) is 7.91. The fraction of sp³-hybridized carbons (Fsp3) is 0.611. The number of rotatable bonds is 3. The number of carbonyl (C=O) groups is 2. The predicted molar refractivity (Wildman–Crippen MR) is 91.6 cm³/mol. The van der Waals surface area contributed by atoms with Crippen LogP contribution in [0, 0.1) is 5.82 Å². The van der Waals surface area contributed by atoms with Gasteiger partial charge in [-0.15, -0.1) is 0 Å². The minimum absolute atomic E-state index is 0.0564. The molecular weight excluding hydrogens is 323 g/mol. The summed E-state index contributed by atoms with van der Waals surface area (Å²) in [4.78, 5) is 34.5. The monoisotopic (exact) mass is 348 g/mol. The maximum absolute atomic E-state index is 13.7. The maximum atomic E-state index is 13.7. The van der Waals surface area contributed by atoms with E-state index in [2.05, 4.69) is 9.88 Å². The quantitative estimate of drug-likeness (QED) is 0.828. The van der Waals surface area contributed by atoms with Gasteiger partial charge in [-0.05, 0) is 32.3 Å². The highest BCUT2D eigenvalue weighted by atomic mass is 19.1. The zero-order valence-corrected chi connectivity index (χ0v) is 14.7. The summed E-state index contributed by atoms with van der Waals surface area (Å²) in [5, 5.41) is 0. The zero-order chi connectivity index (χ0) is 17.8. The number of hydrogen-bond donors (Lipinski definition) is 0. The third-order valence-corrected chi connectivity index (χ3v) is 5.18. The molecule has 1 atom stereocenters. The van der Waals surface area contributed by atoms with Gasteiger partial charge in [0, 0.05) is 45.5 Å². The minimum Gasteiger partial charge on any atom is -0.341 e. The molecule has 2 aliphatic rings. The second-order valence-corrected chi connectivity index (χ2v) is 6.75. The van der Waals surface area contributed by atoms with E-state index in [4.69, 9.17) is 0 Å². The summed E-state index contributed by atoms with van der Waals surface area (Å²) in [6.07, 6.45) is 5.84. The molecule has 0 saturated carbocycles. The van der Waals surface area contributed by atoms with E-state index >= 15 is 0 Å². The van der Waals surface area contributed by atoms with Gasteiger partial charge in [0.15, 0.2) is 5.82 Å². The van der Waals surface area contributed by atoms with Crippen molar-refractivity contribution in [1.82, 2.24) is 19.7 Å². The van der Waals surface area contributed by atoms with Crippen LogP contribution in [0.3, 0.4) is 0 Å². The molecule has 0 bridgehead atoms. The van der Waals surface area contributed by atoms with Crippen LogP contribution >= 0.6 is 0 Å². The van der Waals surface area contributed by atoms with Crippen LogP contribution in [0.4, 0.5) is 4.39 Å². The lowest BCUT2D eigenvalue weighted by Gasteiger charge is -2.39. The van der Waals surface area contributed by atoms with Gasteiger partial charge in [0.25, 0.3) is 5.91 Å². The van der Waals surface area contributed by atoms with Gasteiger partial charge in [-0.3, -0.25) is 19.5 Å². The average Bonchev–Trinajstić information content (AvgIpc) is 2.67. The van der Waals surface area contributed by atoms with Gasteiger partial charge < -0.3 is 9.80 Å². The molecule has 1 aromatic rings. The highest BCUT2D eigenvalue weighted by Gasteiger charge is 2.31. The van der Waals surface area contributed by atoms with Crippen molar-refractivity contribution in [2.75, 3.05) is 39.3 Å². The Morgan fingerprint density at radius 3 is 2.36 bits per heavy atom. The average molecular weight is 348 g/mol. The van der Waals surface area contributed by atoms with Gasteiger partial charge >= 0.3 is 0 Å². The number of aromatic nitrogens is 1. The predicted octanol–water partition coefficient (Wildman–Crippen LogP) is 1.38. The largest absolute Gasteiger partial charge is 0.341 e. The highest BCUT2D eigenvalue weighted by molar-refractivity contribution is 5.94. The molecule has 0 spiro atoms. The van der Waals surface area contributed by atoms with E-state index in [1.807, 2.05) is 11.8 Å². The first-order valence-corrected chi connectivity index (χ1v) is 8.99. The smallest absolute Gasteiger partial charge is 0.257 e. The Morgan fingerprint density at radius 2 is 1.72 bits per heavy atom. The number of likely N-dealkylation sites (tertiary alicyclic amines) is 1. The van der Waals surface area contributed by atoms with E-state index in [0.717, 1.165) is 32.1 Å². The standard InChI is InChI=1S/C18H25FN4O2/c1-14(17(24)22-7-3-2-4-8-22)21-9-11-23(12-10-21)18(25)15-5-6-20-13-16(15)19/h5-6,13-14H,2-4,7-12H2,1H3/t14-/m1/s1. The van der Waals surface area contributed by atoms with Gasteiger partial charge in [-0.2, -0.15) is 0 Å². The fourth-order valence-electron chi connectivity index (χ4n) is 3.57. The van der Waals surface area contributed by atoms with Crippen molar-refractivity contribution in [3.05, 3.63) is 29.8 Å². The van der Waals surface area contributed by atoms with Crippen molar-refractivity contribution in [3.8, 4) is 0 Å². The first-order valence-electron chi connectivity index (χ1n) is 8.99. The molecule has 3 heterocycles. The first kappa shape index (κ1) is 17.8. The van der Waals surface area contributed by atoms with E-state index < -0.39 is 5.82 Å². The van der Waals surface area contributed by atoms with Gasteiger partial charge in [-0.1, -0.05) is 0 Å². The fourth-order valence-corrected chi connectivity index (χ4v) is 3.57. The van der Waals surface area contributed by atoms with Crippen molar-refractivity contribution >= 4 is 11.8 Å². The van der Waals surface area contributed by atoms with Crippen molar-refractivity contribution in [2.24, 2.45) is 0 Å². The van der Waals surface area contributed by atoms with Gasteiger partial charge in [0.05, 0.1) is 17.8 Å². The molecule has 0 unspecified atom stereocenters. The van der Waals surface area contributed by atoms with Crippen LogP contribution in [0.25, 0.3) is 0 Å². The molecule has 0 aliphatic carbocycles. The Balaban J connectivity index is 1.55. The highest BCUT2D eigenvalue weighted by Crippen LogP contribution is 2.16. The topological polar surface area (TPSA) is 56.8 Å². The summed E-state index contributed by atoms with van der Waals surface area (Å²) in [6.45, 7) is 5.89. The van der Waals surface area contributed by atoms with E-state index in [0.29, 0.717) is 26.2 Å². The Kier molecular flexibility index (Phi) is 5.63. The van der Waals surface area contributed by atoms with Crippen molar-refractivity contribution in [3.63, 3.8) is 0 Å². The summed E-state index contributed by atoms with van der Waals surface area (Å²) in [5.41, 5.74) is 0.0564. The Hall–Kier alpha value is -2.02. The Bertz CT molecular complexity index is 625. The molecule has 2 fully saturated rings. The molecule has 2 aliphatic heterocycles. The molecule has 1 aromatic heterocycles. The molecule has 0 aromatic carbocycles. The van der Waals surface area contributed by atoms with Crippen LogP contribution in [0.5, 0.6) is 0 Å². The molecule has 6 nitrogen and oxygen atoms in total. The number of nitrogens with zero attached hydrogens (tertiary/aromatic N) is 4. The lowest BCUT2D eigenvalue weighted by Crippen LogP contribution is -2.56. The van der Waals surface area contributed by atoms with Gasteiger partial charge in [0.2, 0.25) is 5.91 Å². The minimum atomic E-state index is -0.594. The maximum Gasteiger partial charge on any atom is 0.257 e. The van der Waals surface area contributed by atoms with Crippen molar-refractivity contribution in [2.45, 2.75) is 32.2 Å². The molecule has 2 amide bonds. The summed E-state index contributed by atoms with van der Waals surface area (Å²) >= 11 is 0. The van der Waals surface area contributed by atoms with Crippen molar-refractivity contribution < 1.29 is 14.0 Å². The number of carbonyl (C=O) groups excluding carboxylic acids is 2. The van der Waals surface area contributed by atoms with E-state index in [9.17, 15) is 14.0 Å². The number of piperidine rings is 1. The van der Waals surface area contributed by atoms with Crippen LogP contribution in [-0.4, -0.2) is 76.8 Å². The molecule has 0 radical (unpaired) electrons. The number of hydrogen-bond acceptors (Lipinski definition) is 4.